The maximum atomic E-state index is 9.84. The average molecular weight is 1070 g/mol. The summed E-state index contributed by atoms with van der Waals surface area (Å²) in [4.78, 5) is 16.7. The van der Waals surface area contributed by atoms with Gasteiger partial charge in [0.25, 0.3) is 0 Å². The van der Waals surface area contributed by atoms with Crippen LogP contribution < -0.4 is 0 Å². The lowest BCUT2D eigenvalue weighted by atomic mass is 9.79. The average Bonchev–Trinajstić information content (AvgIpc) is 3.33. The van der Waals surface area contributed by atoms with Gasteiger partial charge in [0.05, 0.1) is 45.1 Å². The van der Waals surface area contributed by atoms with Gasteiger partial charge in [0.2, 0.25) is 0 Å². The number of aryl methyl sites for hydroxylation is 2. The topological polar surface area (TPSA) is 72.3 Å². The molecule has 9 aromatic carbocycles. The Morgan fingerprint density at radius 1 is 0.329 bits per heavy atom. The van der Waals surface area contributed by atoms with Gasteiger partial charge in [-0.25, -0.2) is 15.0 Å². The van der Waals surface area contributed by atoms with Gasteiger partial charge < -0.3 is 9.13 Å². The van der Waals surface area contributed by atoms with Crippen LogP contribution >= 0.6 is 0 Å². The predicted octanol–water partition coefficient (Wildman–Crippen LogP) is 20.1. The summed E-state index contributed by atoms with van der Waals surface area (Å²) < 4.78 is 4.89. The van der Waals surface area contributed by atoms with E-state index in [4.69, 9.17) is 15.0 Å². The molecule has 0 unspecified atom stereocenters. The molecular weight excluding hydrogens is 997 g/mol. The van der Waals surface area contributed by atoms with Gasteiger partial charge in [-0.2, -0.15) is 5.26 Å². The quantitative estimate of drug-likeness (QED) is 0.159. The number of aromatic nitrogens is 5. The molecule has 0 N–H and O–H groups in total. The van der Waals surface area contributed by atoms with E-state index in [-0.39, 0.29) is 21.7 Å². The maximum Gasteiger partial charge on any atom is 0.164 e. The van der Waals surface area contributed by atoms with Crippen molar-refractivity contribution >= 4 is 43.6 Å². The van der Waals surface area contributed by atoms with Crippen molar-refractivity contribution in [1.82, 2.24) is 24.1 Å². The number of hydrogen-bond acceptors (Lipinski definition) is 4. The van der Waals surface area contributed by atoms with Crippen molar-refractivity contribution in [3.8, 4) is 73.9 Å². The van der Waals surface area contributed by atoms with E-state index < -0.39 is 0 Å². The van der Waals surface area contributed by atoms with E-state index in [0.717, 1.165) is 72.4 Å². The zero-order valence-corrected chi connectivity index (χ0v) is 50.0. The molecule has 406 valence electrons. The molecule has 12 rings (SSSR count). The summed E-state index contributed by atoms with van der Waals surface area (Å²) in [5.41, 5.74) is 20.8. The molecule has 0 aliphatic heterocycles. The molecular formula is C76H72N6. The van der Waals surface area contributed by atoms with Crippen LogP contribution in [-0.2, 0) is 21.7 Å². The third-order valence-electron chi connectivity index (χ3n) is 16.5. The lowest BCUT2D eigenvalue weighted by Gasteiger charge is -2.26. The summed E-state index contributed by atoms with van der Waals surface area (Å²) in [5.74, 6) is 1.85. The van der Waals surface area contributed by atoms with Crippen LogP contribution in [0.25, 0.3) is 111 Å². The second kappa shape index (κ2) is 19.7. The highest BCUT2D eigenvalue weighted by Crippen LogP contribution is 2.45. The normalized spacial score (nSPS) is 12.5. The van der Waals surface area contributed by atoms with E-state index in [1.807, 2.05) is 12.1 Å². The summed E-state index contributed by atoms with van der Waals surface area (Å²) in [7, 11) is 0. The van der Waals surface area contributed by atoms with E-state index in [0.29, 0.717) is 23.0 Å². The van der Waals surface area contributed by atoms with Crippen LogP contribution in [-0.4, -0.2) is 24.1 Å². The monoisotopic (exact) mass is 1070 g/mol. The Labute approximate surface area is 483 Å². The summed E-state index contributed by atoms with van der Waals surface area (Å²) in [5, 5.41) is 14.6. The van der Waals surface area contributed by atoms with Crippen LogP contribution in [0.15, 0.2) is 182 Å². The van der Waals surface area contributed by atoms with Crippen molar-refractivity contribution < 1.29 is 0 Å². The first-order valence-corrected chi connectivity index (χ1v) is 28.8. The van der Waals surface area contributed by atoms with Gasteiger partial charge in [-0.1, -0.05) is 179 Å². The van der Waals surface area contributed by atoms with Crippen LogP contribution in [0, 0.1) is 25.2 Å². The predicted molar refractivity (Wildman–Crippen MR) is 345 cm³/mol. The molecule has 3 heterocycles. The first-order valence-electron chi connectivity index (χ1n) is 28.8. The molecule has 6 nitrogen and oxygen atoms in total. The third kappa shape index (κ3) is 9.76. The highest BCUT2D eigenvalue weighted by atomic mass is 15.0. The van der Waals surface area contributed by atoms with E-state index in [1.54, 1.807) is 0 Å². The van der Waals surface area contributed by atoms with Crippen molar-refractivity contribution in [2.45, 2.75) is 119 Å². The third-order valence-corrected chi connectivity index (χ3v) is 16.5. The molecule has 6 heteroatoms. The lowest BCUT2D eigenvalue weighted by molar-refractivity contribution is 0.568. The van der Waals surface area contributed by atoms with Gasteiger partial charge in [-0.3, -0.25) is 0 Å². The lowest BCUT2D eigenvalue weighted by Crippen LogP contribution is -2.17. The Morgan fingerprint density at radius 3 is 1.18 bits per heavy atom. The Balaban J connectivity index is 1.21. The standard InChI is InChI=1S/C76H72N6/c1-46-23-32-66-61(35-46)58-19-15-17-21-64(58)81(66)68-34-30-51(41-63(68)60-31-29-50(49-27-25-48(45-77)26-28-49)42-69(60)82-65-22-18-16-20-59(65)62-36-47(2)24-33-67(62)82)70-78-71(52-37-54(73(3,4)5)43-55(38-52)74(6,7)8)80-72(79-70)53-39-56(75(9,10)11)44-57(40-53)76(12,13)14/h15-44H,1-14H3. The van der Waals surface area contributed by atoms with Crippen LogP contribution in [0.1, 0.15) is 122 Å². The number of benzene rings is 9. The van der Waals surface area contributed by atoms with Crippen LogP contribution in [0.3, 0.4) is 0 Å². The molecule has 0 aliphatic carbocycles. The smallest absolute Gasteiger partial charge is 0.164 e. The molecule has 0 amide bonds. The first-order chi connectivity index (χ1) is 38.9. The molecule has 82 heavy (non-hydrogen) atoms. The fraction of sp³-hybridized carbons (Fsp3) is 0.237. The van der Waals surface area contributed by atoms with Gasteiger partial charge >= 0.3 is 0 Å². The van der Waals surface area contributed by atoms with Gasteiger partial charge in [0, 0.05) is 49.4 Å². The molecule has 0 saturated carbocycles. The van der Waals surface area contributed by atoms with Crippen molar-refractivity contribution in [1.29, 1.82) is 5.26 Å². The first kappa shape index (κ1) is 53.7. The summed E-state index contributed by atoms with van der Waals surface area (Å²) >= 11 is 0. The minimum Gasteiger partial charge on any atom is -0.309 e. The molecule has 0 bridgehead atoms. The second-order valence-corrected chi connectivity index (χ2v) is 26.8. The number of nitrogens with zero attached hydrogens (tertiary/aromatic N) is 6. The molecule has 3 aromatic heterocycles. The van der Waals surface area contributed by atoms with E-state index >= 15 is 0 Å². The summed E-state index contributed by atoms with van der Waals surface area (Å²) in [6, 6.07) is 68.9. The van der Waals surface area contributed by atoms with Gasteiger partial charge in [-0.15, -0.1) is 0 Å². The summed E-state index contributed by atoms with van der Waals surface area (Å²) in [6.45, 7) is 31.7. The van der Waals surface area contributed by atoms with Gasteiger partial charge in [0.15, 0.2) is 17.5 Å². The van der Waals surface area contributed by atoms with Crippen molar-refractivity contribution in [3.63, 3.8) is 0 Å². The minimum atomic E-state index is -0.129. The zero-order chi connectivity index (χ0) is 57.8. The second-order valence-electron chi connectivity index (χ2n) is 26.8. The zero-order valence-electron chi connectivity index (χ0n) is 50.0. The van der Waals surface area contributed by atoms with E-state index in [1.165, 1.54) is 54.9 Å². The van der Waals surface area contributed by atoms with Crippen LogP contribution in [0.2, 0.25) is 0 Å². The highest BCUT2D eigenvalue weighted by molar-refractivity contribution is 6.12. The molecule has 0 aliphatic rings. The maximum absolute atomic E-state index is 9.84. The highest BCUT2D eigenvalue weighted by Gasteiger charge is 2.27. The Kier molecular flexibility index (Phi) is 12.9. The van der Waals surface area contributed by atoms with E-state index in [9.17, 15) is 5.26 Å². The Hall–Kier alpha value is -8.92. The van der Waals surface area contributed by atoms with Crippen molar-refractivity contribution in [2.24, 2.45) is 0 Å². The number of nitriles is 1. The summed E-state index contributed by atoms with van der Waals surface area (Å²) in [6.07, 6.45) is 0. The largest absolute Gasteiger partial charge is 0.309 e. The Morgan fingerprint density at radius 2 is 0.732 bits per heavy atom. The number of fused-ring (bicyclic) bond motifs is 6. The number of hydrogen-bond donors (Lipinski definition) is 0. The van der Waals surface area contributed by atoms with E-state index in [2.05, 4.69) is 282 Å². The number of para-hydroxylation sites is 2. The molecule has 0 saturated heterocycles. The molecule has 0 fully saturated rings. The SMILES string of the molecule is Cc1ccc2c(c1)c1ccccc1n2-c1ccc(-c2nc(-c3cc(C(C)(C)C)cc(C(C)(C)C)c3)nc(-c3cc(C(C)(C)C)cc(C(C)(C)C)c3)n2)cc1-c1ccc(-c2ccc(C#N)cc2)cc1-n1c2ccccc2c2cc(C)ccc21. The van der Waals surface area contributed by atoms with Crippen molar-refractivity contribution in [3.05, 3.63) is 221 Å². The Bertz CT molecular complexity index is 4410. The minimum absolute atomic E-state index is 0.129. The fourth-order valence-electron chi connectivity index (χ4n) is 11.6. The molecule has 0 spiro atoms. The van der Waals surface area contributed by atoms with Crippen molar-refractivity contribution in [2.75, 3.05) is 0 Å². The molecule has 12 aromatic rings. The van der Waals surface area contributed by atoms with Gasteiger partial charge in [-0.05, 0) is 166 Å². The van der Waals surface area contributed by atoms with Crippen LogP contribution in [0.4, 0.5) is 0 Å². The van der Waals surface area contributed by atoms with Gasteiger partial charge in [0.1, 0.15) is 0 Å². The molecule has 0 atom stereocenters. The fourth-order valence-corrected chi connectivity index (χ4v) is 11.6. The number of rotatable bonds is 7. The van der Waals surface area contributed by atoms with Crippen LogP contribution in [0.5, 0.6) is 0 Å². The molecule has 0 radical (unpaired) electrons.